The number of nitrogens with zero attached hydrogens (tertiary/aromatic N) is 2. The number of unbranched alkanes of at least 4 members (excludes halogenated alkanes) is 1. The van der Waals surface area contributed by atoms with Crippen LogP contribution in [0.2, 0.25) is 0 Å². The average Bonchev–Trinajstić information content (AvgIpc) is 3.62. The predicted octanol–water partition coefficient (Wildman–Crippen LogP) is 7.45. The highest BCUT2D eigenvalue weighted by Gasteiger charge is 2.15. The van der Waals surface area contributed by atoms with Gasteiger partial charge in [0.25, 0.3) is 0 Å². The van der Waals surface area contributed by atoms with Crippen molar-refractivity contribution in [3.8, 4) is 0 Å². The molecule has 2 heterocycles. The number of aryl methyl sites for hydroxylation is 2. The molecule has 0 amide bonds. The average molecular weight is 547 g/mol. The van der Waals surface area contributed by atoms with Gasteiger partial charge in [-0.3, -0.25) is 0 Å². The van der Waals surface area contributed by atoms with E-state index in [4.69, 9.17) is 14.9 Å². The highest BCUT2D eigenvalue weighted by atomic mass is 32.1. The fourth-order valence-corrected chi connectivity index (χ4v) is 3.96. The summed E-state index contributed by atoms with van der Waals surface area (Å²) in [4.78, 5) is 18.2. The van der Waals surface area contributed by atoms with Crippen LogP contribution in [-0.4, -0.2) is 39.6 Å². The second-order valence-corrected chi connectivity index (χ2v) is 8.37. The number of aliphatic hydroxyl groups is 2. The van der Waals surface area contributed by atoms with Gasteiger partial charge in [0.05, 0.1) is 19.0 Å². The SMILES string of the molecule is CC.CC.CC.CCCCc1ncc(/C=C(\Cc2cccs2)C(=O)OC)n1Cc1ccc(C)cc1.OCO. The normalized spacial score (nSPS) is 9.82. The molecule has 7 heteroatoms. The smallest absolute Gasteiger partial charge is 0.334 e. The molecule has 1 aromatic carbocycles. The van der Waals surface area contributed by atoms with Gasteiger partial charge >= 0.3 is 5.97 Å². The van der Waals surface area contributed by atoms with E-state index in [1.54, 1.807) is 11.3 Å². The van der Waals surface area contributed by atoms with Crippen LogP contribution >= 0.6 is 11.3 Å². The quantitative estimate of drug-likeness (QED) is 0.165. The molecule has 0 aliphatic rings. The fraction of sp³-hybridized carbons (Fsp3) is 0.484. The highest BCUT2D eigenvalue weighted by molar-refractivity contribution is 7.09. The first kappa shape index (κ1) is 37.4. The largest absolute Gasteiger partial charge is 0.466 e. The van der Waals surface area contributed by atoms with Crippen LogP contribution < -0.4 is 0 Å². The first-order valence-electron chi connectivity index (χ1n) is 13.6. The van der Waals surface area contributed by atoms with Crippen LogP contribution in [0.25, 0.3) is 6.08 Å². The molecule has 0 unspecified atom stereocenters. The van der Waals surface area contributed by atoms with Gasteiger partial charge in [-0.25, -0.2) is 9.78 Å². The van der Waals surface area contributed by atoms with E-state index in [2.05, 4.69) is 47.7 Å². The van der Waals surface area contributed by atoms with Crippen LogP contribution in [0, 0.1) is 6.92 Å². The second kappa shape index (κ2) is 24.6. The van der Waals surface area contributed by atoms with Gasteiger partial charge in [-0.1, -0.05) is 90.8 Å². The lowest BCUT2D eigenvalue weighted by molar-refractivity contribution is -0.136. The molecule has 38 heavy (non-hydrogen) atoms. The van der Waals surface area contributed by atoms with Gasteiger partial charge in [0.1, 0.15) is 12.6 Å². The summed E-state index contributed by atoms with van der Waals surface area (Å²) in [5.41, 5.74) is 4.05. The number of hydrogen-bond acceptors (Lipinski definition) is 6. The monoisotopic (exact) mass is 546 g/mol. The zero-order chi connectivity index (χ0) is 29.3. The van der Waals surface area contributed by atoms with E-state index < -0.39 is 6.79 Å². The van der Waals surface area contributed by atoms with E-state index in [0.717, 1.165) is 42.2 Å². The molecule has 2 aromatic heterocycles. The number of hydrogen-bond donors (Lipinski definition) is 2. The minimum atomic E-state index is -0.750. The van der Waals surface area contributed by atoms with Crippen molar-refractivity contribution >= 4 is 23.4 Å². The number of benzene rings is 1. The molecule has 3 rings (SSSR count). The Labute approximate surface area is 235 Å². The number of carbonyl (C=O) groups is 1. The van der Waals surface area contributed by atoms with Gasteiger partial charge in [-0.2, -0.15) is 0 Å². The highest BCUT2D eigenvalue weighted by Crippen LogP contribution is 2.20. The van der Waals surface area contributed by atoms with Gasteiger partial charge in [0.2, 0.25) is 0 Å². The van der Waals surface area contributed by atoms with Crippen molar-refractivity contribution in [3.05, 3.63) is 81.1 Å². The molecule has 214 valence electrons. The molecule has 0 aliphatic carbocycles. The molecule has 2 N–H and O–H groups in total. The minimum absolute atomic E-state index is 0.295. The van der Waals surface area contributed by atoms with E-state index in [1.807, 2.05) is 71.3 Å². The summed E-state index contributed by atoms with van der Waals surface area (Å²) >= 11 is 1.64. The molecular formula is C31H50N2O4S. The van der Waals surface area contributed by atoms with Gasteiger partial charge in [-0.05, 0) is 36.4 Å². The Kier molecular flexibility index (Phi) is 24.2. The van der Waals surface area contributed by atoms with Crippen molar-refractivity contribution < 1.29 is 19.7 Å². The number of esters is 1. The van der Waals surface area contributed by atoms with Crippen molar-refractivity contribution in [3.63, 3.8) is 0 Å². The zero-order valence-corrected chi connectivity index (χ0v) is 25.8. The molecule has 0 spiro atoms. The fourth-order valence-electron chi connectivity index (χ4n) is 3.23. The first-order valence-corrected chi connectivity index (χ1v) is 14.5. The maximum Gasteiger partial charge on any atom is 0.334 e. The lowest BCUT2D eigenvalue weighted by atomic mass is 10.1. The standard InChI is InChI=1S/C24H28N2O2S.3C2H6.CH4O2/c1-4-5-8-23-25-16-21(26(23)17-19-11-9-18(2)10-12-19)14-20(24(27)28-3)15-22-7-6-13-29-22;3*1-2;2-1-3/h6-7,9-14,16H,4-5,8,15,17H2,1-3H3;3*1-2H3;2-3H,1H2/b20-14+;;;;. The number of imidazole rings is 1. The summed E-state index contributed by atoms with van der Waals surface area (Å²) in [6.07, 6.45) is 7.50. The third-order valence-corrected chi connectivity index (χ3v) is 5.78. The number of carbonyl (C=O) groups excluding carboxylic acids is 1. The van der Waals surface area contributed by atoms with Gasteiger partial charge in [0, 0.05) is 29.8 Å². The van der Waals surface area contributed by atoms with Crippen LogP contribution in [0.3, 0.4) is 0 Å². The van der Waals surface area contributed by atoms with Crippen molar-refractivity contribution in [1.82, 2.24) is 9.55 Å². The molecule has 0 radical (unpaired) electrons. The van der Waals surface area contributed by atoms with E-state index >= 15 is 0 Å². The molecule has 6 nitrogen and oxygen atoms in total. The number of rotatable bonds is 9. The first-order chi connectivity index (χ1) is 18.5. The second-order valence-electron chi connectivity index (χ2n) is 7.33. The third-order valence-electron chi connectivity index (χ3n) is 4.90. The summed E-state index contributed by atoms with van der Waals surface area (Å²) in [5, 5.41) is 16.3. The molecule has 0 bridgehead atoms. The Morgan fingerprint density at radius 1 is 1.05 bits per heavy atom. The number of aliphatic hydroxyl groups excluding tert-OH is 1. The third kappa shape index (κ3) is 14.3. The lowest BCUT2D eigenvalue weighted by Gasteiger charge is -2.12. The maximum absolute atomic E-state index is 12.4. The number of aromatic nitrogens is 2. The molecule has 0 saturated carbocycles. The Bertz CT molecular complexity index is 978. The molecule has 0 saturated heterocycles. The number of ether oxygens (including phenoxy) is 1. The van der Waals surface area contributed by atoms with Crippen LogP contribution in [-0.2, 0) is 28.9 Å². The molecule has 0 fully saturated rings. The summed E-state index contributed by atoms with van der Waals surface area (Å²) in [6.45, 7) is 16.3. The Hall–Kier alpha value is -2.74. The van der Waals surface area contributed by atoms with Crippen molar-refractivity contribution in [2.75, 3.05) is 13.9 Å². The summed E-state index contributed by atoms with van der Waals surface area (Å²) in [7, 11) is 1.43. The van der Waals surface area contributed by atoms with Crippen LogP contribution in [0.4, 0.5) is 0 Å². The molecule has 0 atom stereocenters. The predicted molar refractivity (Wildman–Crippen MR) is 162 cm³/mol. The Morgan fingerprint density at radius 3 is 2.16 bits per heavy atom. The number of methoxy groups -OCH3 is 1. The Balaban J connectivity index is 0. The summed E-state index contributed by atoms with van der Waals surface area (Å²) in [5.74, 6) is 0.760. The van der Waals surface area contributed by atoms with Crippen LogP contribution in [0.1, 0.15) is 88.8 Å². The molecule has 0 aliphatic heterocycles. The van der Waals surface area contributed by atoms with Crippen molar-refractivity contribution in [2.45, 2.75) is 87.6 Å². The van der Waals surface area contributed by atoms with Crippen LogP contribution in [0.5, 0.6) is 0 Å². The lowest BCUT2D eigenvalue weighted by Crippen LogP contribution is -2.10. The number of thiophene rings is 1. The maximum atomic E-state index is 12.4. The molecule has 3 aromatic rings. The van der Waals surface area contributed by atoms with E-state index in [-0.39, 0.29) is 5.97 Å². The Morgan fingerprint density at radius 2 is 1.66 bits per heavy atom. The van der Waals surface area contributed by atoms with Gasteiger partial charge in [0.15, 0.2) is 0 Å². The minimum Gasteiger partial charge on any atom is -0.466 e. The van der Waals surface area contributed by atoms with Gasteiger partial charge in [-0.15, -0.1) is 11.3 Å². The molecular weight excluding hydrogens is 496 g/mol. The zero-order valence-electron chi connectivity index (χ0n) is 25.0. The topological polar surface area (TPSA) is 84.6 Å². The van der Waals surface area contributed by atoms with E-state index in [9.17, 15) is 4.79 Å². The van der Waals surface area contributed by atoms with Crippen molar-refractivity contribution in [2.24, 2.45) is 0 Å². The van der Waals surface area contributed by atoms with Crippen LogP contribution in [0.15, 0.2) is 53.5 Å². The van der Waals surface area contributed by atoms with Crippen molar-refractivity contribution in [1.29, 1.82) is 0 Å². The van der Waals surface area contributed by atoms with Gasteiger partial charge < -0.3 is 19.5 Å². The van der Waals surface area contributed by atoms with E-state index in [0.29, 0.717) is 12.0 Å². The summed E-state index contributed by atoms with van der Waals surface area (Å²) < 4.78 is 7.26. The summed E-state index contributed by atoms with van der Waals surface area (Å²) in [6, 6.07) is 12.6. The van der Waals surface area contributed by atoms with E-state index in [1.165, 1.54) is 18.2 Å².